The van der Waals surface area contributed by atoms with Crippen molar-refractivity contribution in [3.8, 4) is 5.75 Å². The molecular formula is C8H3BrF3O3-. The molecule has 1 aromatic carbocycles. The van der Waals surface area contributed by atoms with E-state index in [0.717, 1.165) is 12.1 Å². The summed E-state index contributed by atoms with van der Waals surface area (Å²) in [5.41, 5.74) is -0.657. The molecule has 15 heavy (non-hydrogen) atoms. The number of carboxylic acid groups (broad SMARTS) is 1. The molecular weight excluding hydrogens is 281 g/mol. The van der Waals surface area contributed by atoms with Crippen molar-refractivity contribution in [3.05, 3.63) is 28.2 Å². The van der Waals surface area contributed by atoms with E-state index < -0.39 is 23.6 Å². The summed E-state index contributed by atoms with van der Waals surface area (Å²) >= 11 is 2.89. The van der Waals surface area contributed by atoms with Gasteiger partial charge in [0.2, 0.25) is 0 Å². The molecule has 82 valence electrons. The number of hydrogen-bond donors (Lipinski definition) is 0. The summed E-state index contributed by atoms with van der Waals surface area (Å²) in [5.74, 6) is -2.54. The Morgan fingerprint density at radius 1 is 1.40 bits per heavy atom. The van der Waals surface area contributed by atoms with Gasteiger partial charge in [-0.2, -0.15) is 0 Å². The number of carbonyl (C=O) groups is 1. The van der Waals surface area contributed by atoms with Crippen molar-refractivity contribution in [3.63, 3.8) is 0 Å². The van der Waals surface area contributed by atoms with Gasteiger partial charge in [0.15, 0.2) is 0 Å². The summed E-state index contributed by atoms with van der Waals surface area (Å²) in [7, 11) is 0. The van der Waals surface area contributed by atoms with E-state index in [1.165, 1.54) is 6.07 Å². The first-order chi connectivity index (χ1) is 6.79. The van der Waals surface area contributed by atoms with Gasteiger partial charge in [0.05, 0.1) is 5.97 Å². The van der Waals surface area contributed by atoms with Crippen LogP contribution in [0.2, 0.25) is 0 Å². The SMILES string of the molecule is O=C([O-])c1ccc(Br)cc1OC(F)(F)F. The summed E-state index contributed by atoms with van der Waals surface area (Å²) in [6.45, 7) is 0. The monoisotopic (exact) mass is 283 g/mol. The molecule has 0 aliphatic rings. The third kappa shape index (κ3) is 3.43. The van der Waals surface area contributed by atoms with Crippen LogP contribution < -0.4 is 9.84 Å². The number of halogens is 4. The van der Waals surface area contributed by atoms with E-state index in [9.17, 15) is 23.1 Å². The van der Waals surface area contributed by atoms with E-state index in [1.54, 1.807) is 0 Å². The molecule has 0 aliphatic carbocycles. The number of alkyl halides is 3. The number of aromatic carboxylic acids is 1. The number of benzene rings is 1. The summed E-state index contributed by atoms with van der Waals surface area (Å²) in [6, 6.07) is 3.13. The maximum atomic E-state index is 11.9. The van der Waals surface area contributed by atoms with Crippen LogP contribution in [0.1, 0.15) is 10.4 Å². The Labute approximate surface area is 90.6 Å². The molecule has 0 spiro atoms. The topological polar surface area (TPSA) is 49.4 Å². The second-order valence-corrected chi connectivity index (χ2v) is 3.39. The maximum Gasteiger partial charge on any atom is 0.573 e. The summed E-state index contributed by atoms with van der Waals surface area (Å²) in [6.07, 6.45) is -4.94. The van der Waals surface area contributed by atoms with Gasteiger partial charge < -0.3 is 14.6 Å². The van der Waals surface area contributed by atoms with Gasteiger partial charge in [-0.15, -0.1) is 13.2 Å². The Kier molecular flexibility index (Phi) is 3.23. The quantitative estimate of drug-likeness (QED) is 0.830. The van der Waals surface area contributed by atoms with Crippen LogP contribution in [0.4, 0.5) is 13.2 Å². The molecule has 0 N–H and O–H groups in total. The molecule has 0 atom stereocenters. The van der Waals surface area contributed by atoms with Crippen LogP contribution in [0, 0.1) is 0 Å². The van der Waals surface area contributed by atoms with E-state index in [2.05, 4.69) is 20.7 Å². The van der Waals surface area contributed by atoms with Gasteiger partial charge in [-0.05, 0) is 18.2 Å². The molecule has 0 aromatic heterocycles. The lowest BCUT2D eigenvalue weighted by Gasteiger charge is -2.13. The molecule has 0 bridgehead atoms. The first-order valence-corrected chi connectivity index (χ1v) is 4.35. The fourth-order valence-electron chi connectivity index (χ4n) is 0.874. The van der Waals surface area contributed by atoms with Crippen LogP contribution in [0.15, 0.2) is 22.7 Å². The fourth-order valence-corrected chi connectivity index (χ4v) is 1.21. The van der Waals surface area contributed by atoms with E-state index in [4.69, 9.17) is 0 Å². The maximum absolute atomic E-state index is 11.9. The largest absolute Gasteiger partial charge is 0.573 e. The molecule has 0 saturated heterocycles. The van der Waals surface area contributed by atoms with Crippen molar-refractivity contribution in [1.29, 1.82) is 0 Å². The Balaban J connectivity index is 3.13. The van der Waals surface area contributed by atoms with E-state index in [-0.39, 0.29) is 4.47 Å². The highest BCUT2D eigenvalue weighted by atomic mass is 79.9. The van der Waals surface area contributed by atoms with Crippen molar-refractivity contribution in [2.24, 2.45) is 0 Å². The Hall–Kier alpha value is -1.24. The number of carbonyl (C=O) groups excluding carboxylic acids is 1. The average molecular weight is 284 g/mol. The van der Waals surface area contributed by atoms with Crippen molar-refractivity contribution < 1.29 is 27.8 Å². The van der Waals surface area contributed by atoms with Crippen LogP contribution in [-0.2, 0) is 0 Å². The van der Waals surface area contributed by atoms with Gasteiger partial charge in [0.1, 0.15) is 5.75 Å². The molecule has 0 saturated carbocycles. The van der Waals surface area contributed by atoms with Gasteiger partial charge >= 0.3 is 6.36 Å². The standard InChI is InChI=1S/C8H4BrF3O3/c9-4-1-2-5(7(13)14)6(3-4)15-8(10,11)12/h1-3H,(H,13,14)/p-1. The molecule has 7 heteroatoms. The van der Waals surface area contributed by atoms with Crippen LogP contribution in [0.25, 0.3) is 0 Å². The van der Waals surface area contributed by atoms with Crippen LogP contribution in [0.5, 0.6) is 5.75 Å². The van der Waals surface area contributed by atoms with Gasteiger partial charge in [-0.25, -0.2) is 0 Å². The second kappa shape index (κ2) is 4.09. The third-order valence-corrected chi connectivity index (χ3v) is 1.88. The highest BCUT2D eigenvalue weighted by molar-refractivity contribution is 9.10. The Morgan fingerprint density at radius 3 is 2.47 bits per heavy atom. The molecule has 0 aliphatic heterocycles. The molecule has 0 radical (unpaired) electrons. The lowest BCUT2D eigenvalue weighted by molar-refractivity contribution is -0.276. The Morgan fingerprint density at radius 2 is 2.00 bits per heavy atom. The van der Waals surface area contributed by atoms with Gasteiger partial charge in [-0.3, -0.25) is 0 Å². The minimum Gasteiger partial charge on any atom is -0.545 e. The molecule has 0 unspecified atom stereocenters. The lowest BCUT2D eigenvalue weighted by atomic mass is 10.2. The van der Waals surface area contributed by atoms with Gasteiger partial charge in [0.25, 0.3) is 0 Å². The van der Waals surface area contributed by atoms with Crippen molar-refractivity contribution in [1.82, 2.24) is 0 Å². The molecule has 0 amide bonds. The van der Waals surface area contributed by atoms with Crippen molar-refractivity contribution in [2.75, 3.05) is 0 Å². The number of hydrogen-bond acceptors (Lipinski definition) is 3. The fraction of sp³-hybridized carbons (Fsp3) is 0.125. The molecule has 1 rings (SSSR count). The van der Waals surface area contributed by atoms with Crippen LogP contribution >= 0.6 is 15.9 Å². The first-order valence-electron chi connectivity index (χ1n) is 3.56. The predicted octanol–water partition coefficient (Wildman–Crippen LogP) is 1.71. The first kappa shape index (κ1) is 11.8. The van der Waals surface area contributed by atoms with Crippen LogP contribution in [-0.4, -0.2) is 12.3 Å². The minimum atomic E-state index is -4.94. The molecule has 3 nitrogen and oxygen atoms in total. The summed E-state index contributed by atoms with van der Waals surface area (Å²) in [5, 5.41) is 10.4. The van der Waals surface area contributed by atoms with E-state index in [0.29, 0.717) is 0 Å². The van der Waals surface area contributed by atoms with Crippen molar-refractivity contribution in [2.45, 2.75) is 6.36 Å². The molecule has 0 heterocycles. The zero-order valence-corrected chi connectivity index (χ0v) is 8.55. The summed E-state index contributed by atoms with van der Waals surface area (Å²) < 4.78 is 39.4. The molecule has 0 fully saturated rings. The van der Waals surface area contributed by atoms with E-state index >= 15 is 0 Å². The van der Waals surface area contributed by atoms with Crippen molar-refractivity contribution >= 4 is 21.9 Å². The smallest absolute Gasteiger partial charge is 0.545 e. The predicted molar refractivity (Wildman–Crippen MR) is 45.2 cm³/mol. The third-order valence-electron chi connectivity index (χ3n) is 1.39. The number of rotatable bonds is 2. The van der Waals surface area contributed by atoms with Gasteiger partial charge in [-0.1, -0.05) is 15.9 Å². The second-order valence-electron chi connectivity index (χ2n) is 2.48. The zero-order valence-electron chi connectivity index (χ0n) is 6.97. The average Bonchev–Trinajstić information content (AvgIpc) is 1.99. The highest BCUT2D eigenvalue weighted by Gasteiger charge is 2.32. The number of ether oxygens (including phenoxy) is 1. The van der Waals surface area contributed by atoms with Crippen LogP contribution in [0.3, 0.4) is 0 Å². The molecule has 1 aromatic rings. The van der Waals surface area contributed by atoms with Gasteiger partial charge in [0, 0.05) is 10.0 Å². The van der Waals surface area contributed by atoms with E-state index in [1.807, 2.05) is 0 Å². The normalized spacial score (nSPS) is 11.2. The lowest BCUT2D eigenvalue weighted by Crippen LogP contribution is -2.25. The zero-order chi connectivity index (χ0) is 11.6. The highest BCUT2D eigenvalue weighted by Crippen LogP contribution is 2.28. The summed E-state index contributed by atoms with van der Waals surface area (Å²) in [4.78, 5) is 10.4. The number of carboxylic acids is 1. The Bertz CT molecular complexity index is 389. The minimum absolute atomic E-state index is 0.270.